The lowest BCUT2D eigenvalue weighted by Crippen LogP contribution is -2.58. The first-order valence-corrected chi connectivity index (χ1v) is 12.7. The van der Waals surface area contributed by atoms with Crippen molar-refractivity contribution in [3.8, 4) is 0 Å². The van der Waals surface area contributed by atoms with Gasteiger partial charge in [-0.05, 0) is 79.9 Å². The summed E-state index contributed by atoms with van der Waals surface area (Å²) in [5.74, 6) is 2.44. The molecule has 0 aromatic rings. The molecule has 0 amide bonds. The van der Waals surface area contributed by atoms with Gasteiger partial charge < -0.3 is 4.98 Å². The number of nitrogens with one attached hydrogen (secondary N) is 1. The normalized spacial score (nSPS) is 36.3. The summed E-state index contributed by atoms with van der Waals surface area (Å²) < 4.78 is 0. The van der Waals surface area contributed by atoms with Crippen molar-refractivity contribution >= 4 is 8.24 Å². The zero-order valence-corrected chi connectivity index (χ0v) is 17.6. The molecule has 2 fully saturated rings. The number of hydrogen-bond acceptors (Lipinski definition) is 1. The lowest BCUT2D eigenvalue weighted by atomic mass is 9.85. The monoisotopic (exact) mass is 331 g/mol. The van der Waals surface area contributed by atoms with E-state index in [2.05, 4.69) is 71.8 Å². The molecule has 0 radical (unpaired) electrons. The third-order valence-electron chi connectivity index (χ3n) is 6.26. The second-order valence-corrected chi connectivity index (χ2v) is 15.3. The van der Waals surface area contributed by atoms with Gasteiger partial charge in [-0.1, -0.05) is 46.0 Å². The van der Waals surface area contributed by atoms with Crippen molar-refractivity contribution in [3.63, 3.8) is 0 Å². The van der Waals surface area contributed by atoms with Crippen molar-refractivity contribution < 1.29 is 0 Å². The Kier molecular flexibility index (Phi) is 4.05. The van der Waals surface area contributed by atoms with Crippen molar-refractivity contribution in [2.24, 2.45) is 23.2 Å². The summed E-state index contributed by atoms with van der Waals surface area (Å²) in [7, 11) is -1.48. The van der Waals surface area contributed by atoms with Crippen LogP contribution in [-0.2, 0) is 0 Å². The summed E-state index contributed by atoms with van der Waals surface area (Å²) in [4.78, 5) is 4.07. The smallest absolute Gasteiger partial charge is 0.123 e. The van der Waals surface area contributed by atoms with Gasteiger partial charge in [0.1, 0.15) is 8.24 Å². The molecule has 3 aliphatic carbocycles. The van der Waals surface area contributed by atoms with Gasteiger partial charge in [0, 0.05) is 5.54 Å². The van der Waals surface area contributed by atoms with Crippen LogP contribution in [0.4, 0.5) is 0 Å². The van der Waals surface area contributed by atoms with Gasteiger partial charge in [-0.2, -0.15) is 0 Å². The molecule has 130 valence electrons. The molecule has 0 aromatic carbocycles. The maximum absolute atomic E-state index is 4.07. The Morgan fingerprint density at radius 3 is 2.22 bits per heavy atom. The molecule has 3 aliphatic rings. The van der Waals surface area contributed by atoms with Gasteiger partial charge in [0.05, 0.1) is 0 Å². The van der Waals surface area contributed by atoms with E-state index < -0.39 is 8.24 Å². The maximum atomic E-state index is 4.07. The van der Waals surface area contributed by atoms with E-state index in [0.717, 1.165) is 23.3 Å². The van der Waals surface area contributed by atoms with E-state index in [9.17, 15) is 0 Å². The van der Waals surface area contributed by atoms with Gasteiger partial charge in [0.15, 0.2) is 0 Å². The first-order valence-electron chi connectivity index (χ1n) is 9.59. The van der Waals surface area contributed by atoms with Crippen molar-refractivity contribution in [1.82, 2.24) is 4.98 Å². The van der Waals surface area contributed by atoms with Crippen LogP contribution in [0.5, 0.6) is 0 Å². The van der Waals surface area contributed by atoms with Crippen LogP contribution in [0.1, 0.15) is 60.8 Å². The van der Waals surface area contributed by atoms with Crippen LogP contribution in [0, 0.1) is 23.2 Å². The highest BCUT2D eigenvalue weighted by Crippen LogP contribution is 2.57. The van der Waals surface area contributed by atoms with E-state index in [1.807, 2.05) is 0 Å². The Morgan fingerprint density at radius 2 is 1.65 bits per heavy atom. The fourth-order valence-corrected chi connectivity index (χ4v) is 11.1. The van der Waals surface area contributed by atoms with Gasteiger partial charge in [-0.3, -0.25) is 0 Å². The van der Waals surface area contributed by atoms with E-state index in [1.165, 1.54) is 19.3 Å². The Labute approximate surface area is 145 Å². The third-order valence-corrected chi connectivity index (χ3v) is 10.3. The molecule has 0 aromatic heterocycles. The van der Waals surface area contributed by atoms with Gasteiger partial charge in [-0.15, -0.1) is 0 Å². The molecule has 2 saturated carbocycles. The van der Waals surface area contributed by atoms with E-state index in [4.69, 9.17) is 0 Å². The molecule has 4 atom stereocenters. The van der Waals surface area contributed by atoms with Gasteiger partial charge in [0.2, 0.25) is 0 Å². The molecule has 23 heavy (non-hydrogen) atoms. The molecule has 0 aliphatic heterocycles. The van der Waals surface area contributed by atoms with E-state index in [0.29, 0.717) is 5.41 Å². The zero-order valence-electron chi connectivity index (χ0n) is 16.6. The minimum Gasteiger partial charge on any atom is -0.332 e. The van der Waals surface area contributed by atoms with E-state index in [-0.39, 0.29) is 5.54 Å². The molecule has 0 bridgehead atoms. The summed E-state index contributed by atoms with van der Waals surface area (Å²) in [5, 5.41) is 0. The van der Waals surface area contributed by atoms with Crippen molar-refractivity contribution in [1.29, 1.82) is 0 Å². The molecule has 1 nitrogen and oxygen atoms in total. The average Bonchev–Trinajstić information content (AvgIpc) is 2.75. The highest BCUT2D eigenvalue weighted by atomic mass is 28.3. The van der Waals surface area contributed by atoms with Crippen LogP contribution >= 0.6 is 0 Å². The molecule has 3 unspecified atom stereocenters. The van der Waals surface area contributed by atoms with Crippen molar-refractivity contribution in [2.75, 3.05) is 0 Å². The molecule has 1 N–H and O–H groups in total. The first kappa shape index (κ1) is 17.5. The van der Waals surface area contributed by atoms with Gasteiger partial charge >= 0.3 is 0 Å². The SMILES string of the molecule is C[C@@H]1CC2C=C3CC(C)(C)CC3=CC2C1[Si](C)(C)NC(C)(C)C. The molecular formula is C21H37NSi. The van der Waals surface area contributed by atoms with Crippen LogP contribution < -0.4 is 4.98 Å². The summed E-state index contributed by atoms with van der Waals surface area (Å²) in [6.07, 6.45) is 9.39. The molecule has 0 saturated heterocycles. The third kappa shape index (κ3) is 3.39. The van der Waals surface area contributed by atoms with Crippen LogP contribution in [0.15, 0.2) is 23.3 Å². The maximum Gasteiger partial charge on any atom is 0.123 e. The average molecular weight is 332 g/mol. The molecule has 0 spiro atoms. The summed E-state index contributed by atoms with van der Waals surface area (Å²) >= 11 is 0. The molecular weight excluding hydrogens is 294 g/mol. The Hall–Kier alpha value is -0.343. The lowest BCUT2D eigenvalue weighted by molar-refractivity contribution is 0.401. The Morgan fingerprint density at radius 1 is 1.09 bits per heavy atom. The summed E-state index contributed by atoms with van der Waals surface area (Å²) in [6.45, 7) is 19.5. The van der Waals surface area contributed by atoms with Crippen molar-refractivity contribution in [3.05, 3.63) is 23.3 Å². The standard InChI is InChI=1S/C21H37NSi/c1-14-9-15-10-16-12-21(5,6)13-17(16)11-18(15)19(14)23(7,8)22-20(2,3)4/h10-11,14-15,18-19,22H,9,12-13H2,1-8H3/t14-,15?,18?,19?/m1/s1. The number of rotatable bonds is 2. The predicted molar refractivity (Wildman–Crippen MR) is 104 cm³/mol. The second kappa shape index (κ2) is 5.33. The molecule has 0 heterocycles. The quantitative estimate of drug-likeness (QED) is 0.620. The van der Waals surface area contributed by atoms with Crippen LogP contribution in [0.25, 0.3) is 0 Å². The van der Waals surface area contributed by atoms with Crippen molar-refractivity contribution in [2.45, 2.75) is 85.0 Å². The van der Waals surface area contributed by atoms with Crippen LogP contribution in [0.2, 0.25) is 18.6 Å². The van der Waals surface area contributed by atoms with E-state index in [1.54, 1.807) is 11.1 Å². The summed E-state index contributed by atoms with van der Waals surface area (Å²) in [5.41, 5.74) is 4.95. The predicted octanol–water partition coefficient (Wildman–Crippen LogP) is 5.91. The molecule has 3 rings (SSSR count). The Bertz CT molecular complexity index is 547. The van der Waals surface area contributed by atoms with Gasteiger partial charge in [-0.25, -0.2) is 0 Å². The number of fused-ring (bicyclic) bond motifs is 2. The second-order valence-electron chi connectivity index (χ2n) is 11.0. The molecule has 2 heteroatoms. The minimum absolute atomic E-state index is 0.228. The minimum atomic E-state index is -1.48. The van der Waals surface area contributed by atoms with E-state index >= 15 is 0 Å². The summed E-state index contributed by atoms with van der Waals surface area (Å²) in [6, 6.07) is 0. The van der Waals surface area contributed by atoms with Gasteiger partial charge in [0.25, 0.3) is 0 Å². The first-order chi connectivity index (χ1) is 10.4. The fraction of sp³-hybridized carbons (Fsp3) is 0.810. The number of allylic oxidation sites excluding steroid dienone is 4. The topological polar surface area (TPSA) is 12.0 Å². The Balaban J connectivity index is 1.89. The fourth-order valence-electron chi connectivity index (χ4n) is 6.17. The largest absolute Gasteiger partial charge is 0.332 e. The lowest BCUT2D eigenvalue weighted by Gasteiger charge is -2.42. The van der Waals surface area contributed by atoms with Crippen LogP contribution in [0.3, 0.4) is 0 Å². The van der Waals surface area contributed by atoms with Crippen LogP contribution in [-0.4, -0.2) is 13.8 Å². The highest BCUT2D eigenvalue weighted by molar-refractivity contribution is 6.76. The number of hydrogen-bond donors (Lipinski definition) is 1. The highest BCUT2D eigenvalue weighted by Gasteiger charge is 2.50. The zero-order chi connectivity index (χ0) is 17.2.